The van der Waals surface area contributed by atoms with Gasteiger partial charge in [0.2, 0.25) is 0 Å². The molecule has 1 aliphatic heterocycles. The van der Waals surface area contributed by atoms with Crippen molar-refractivity contribution in [2.75, 3.05) is 13.1 Å². The summed E-state index contributed by atoms with van der Waals surface area (Å²) in [6, 6.07) is 17.7. The summed E-state index contributed by atoms with van der Waals surface area (Å²) in [5, 5.41) is 2.99. The lowest BCUT2D eigenvalue weighted by atomic mass is 9.98. The van der Waals surface area contributed by atoms with Gasteiger partial charge in [-0.15, -0.1) is 6.42 Å². The average Bonchev–Trinajstić information content (AvgIpc) is 2.72. The van der Waals surface area contributed by atoms with Gasteiger partial charge in [-0.3, -0.25) is 0 Å². The zero-order valence-electron chi connectivity index (χ0n) is 15.0. The Morgan fingerprint density at radius 3 is 2.32 bits per heavy atom. The molecule has 0 saturated heterocycles. The first-order chi connectivity index (χ1) is 13.6. The van der Waals surface area contributed by atoms with Crippen molar-refractivity contribution < 1.29 is 23.8 Å². The quantitative estimate of drug-likeness (QED) is 0.473. The van der Waals surface area contributed by atoms with E-state index in [0.29, 0.717) is 11.3 Å². The largest absolute Gasteiger partial charge is 0.449 e. The van der Waals surface area contributed by atoms with E-state index in [2.05, 4.69) is 11.2 Å². The number of rotatable bonds is 6. The van der Waals surface area contributed by atoms with Gasteiger partial charge < -0.3 is 19.5 Å². The van der Waals surface area contributed by atoms with Crippen molar-refractivity contribution in [2.24, 2.45) is 0 Å². The van der Waals surface area contributed by atoms with E-state index in [0.717, 1.165) is 12.2 Å². The van der Waals surface area contributed by atoms with Crippen LogP contribution in [0, 0.1) is 12.3 Å². The number of ether oxygens (including phenoxy) is 3. The van der Waals surface area contributed by atoms with Crippen molar-refractivity contribution in [3.05, 3.63) is 78.4 Å². The van der Waals surface area contributed by atoms with Crippen molar-refractivity contribution in [3.8, 4) is 18.1 Å². The molecule has 0 aliphatic carbocycles. The average molecular weight is 377 g/mol. The van der Waals surface area contributed by atoms with Crippen LogP contribution in [-0.2, 0) is 24.8 Å². The number of hydrogen-bond donors (Lipinski definition) is 1. The number of carbonyl (C=O) groups excluding carboxylic acids is 2. The summed E-state index contributed by atoms with van der Waals surface area (Å²) in [5.74, 6) is -0.206. The fourth-order valence-corrected chi connectivity index (χ4v) is 2.82. The lowest BCUT2D eigenvalue weighted by Gasteiger charge is -2.39. The first kappa shape index (κ1) is 19.2. The van der Waals surface area contributed by atoms with E-state index >= 15 is 0 Å². The van der Waals surface area contributed by atoms with E-state index in [9.17, 15) is 9.59 Å². The molecule has 1 aliphatic rings. The summed E-state index contributed by atoms with van der Waals surface area (Å²) >= 11 is 0. The Morgan fingerprint density at radius 1 is 1.00 bits per heavy atom. The number of carbonyl (C=O) groups is 2. The highest BCUT2D eigenvalue weighted by atomic mass is 16.7. The Bertz CT molecular complexity index is 888. The molecule has 0 fully saturated rings. The monoisotopic (exact) mass is 377 g/mol. The highest BCUT2D eigenvalue weighted by Gasteiger charge is 2.50. The third kappa shape index (κ3) is 4.40. The predicted octanol–water partition coefficient (Wildman–Crippen LogP) is 2.17. The summed E-state index contributed by atoms with van der Waals surface area (Å²) in [4.78, 5) is 24.5. The van der Waals surface area contributed by atoms with Crippen LogP contribution in [0.2, 0.25) is 0 Å². The third-order valence-corrected chi connectivity index (χ3v) is 4.04. The lowest BCUT2D eigenvalue weighted by Crippen LogP contribution is -2.54. The van der Waals surface area contributed by atoms with E-state index in [1.54, 1.807) is 48.5 Å². The predicted molar refractivity (Wildman–Crippen MR) is 102 cm³/mol. The molecule has 6 nitrogen and oxygen atoms in total. The molecular weight excluding hydrogens is 358 g/mol. The smallest absolute Gasteiger partial charge is 0.334 e. The second kappa shape index (κ2) is 8.89. The Morgan fingerprint density at radius 2 is 1.64 bits per heavy atom. The molecule has 1 N–H and O–H groups in total. The molecule has 0 spiro atoms. The van der Waals surface area contributed by atoms with E-state index in [4.69, 9.17) is 20.6 Å². The molecule has 2 atom stereocenters. The Labute approximate surface area is 163 Å². The van der Waals surface area contributed by atoms with E-state index < -0.39 is 23.8 Å². The normalized spacial score (nSPS) is 22.8. The van der Waals surface area contributed by atoms with Crippen LogP contribution in [0.5, 0.6) is 5.75 Å². The summed E-state index contributed by atoms with van der Waals surface area (Å²) in [6.07, 6.45) is 6.34. The van der Waals surface area contributed by atoms with Gasteiger partial charge in [0.25, 0.3) is 0 Å². The van der Waals surface area contributed by atoms with Gasteiger partial charge in [0, 0.05) is 24.3 Å². The Kier molecular flexibility index (Phi) is 6.10. The van der Waals surface area contributed by atoms with Gasteiger partial charge in [0.15, 0.2) is 6.10 Å². The minimum atomic E-state index is -1.71. The first-order valence-corrected chi connectivity index (χ1v) is 8.69. The van der Waals surface area contributed by atoms with Gasteiger partial charge in [-0.05, 0) is 12.1 Å². The van der Waals surface area contributed by atoms with E-state index in [1.165, 1.54) is 0 Å². The summed E-state index contributed by atoms with van der Waals surface area (Å²) < 4.78 is 17.5. The Hall–Kier alpha value is -3.56. The highest BCUT2D eigenvalue weighted by molar-refractivity contribution is 5.92. The fraction of sp³-hybridized carbons (Fsp3) is 0.182. The molecule has 6 heteroatoms. The van der Waals surface area contributed by atoms with Crippen molar-refractivity contribution in [2.45, 2.75) is 11.9 Å². The second-order valence-corrected chi connectivity index (χ2v) is 5.96. The molecule has 3 rings (SSSR count). The zero-order valence-corrected chi connectivity index (χ0v) is 15.0. The van der Waals surface area contributed by atoms with Crippen molar-refractivity contribution in [3.63, 3.8) is 0 Å². The van der Waals surface area contributed by atoms with Crippen LogP contribution < -0.4 is 10.1 Å². The molecule has 2 aromatic rings. The minimum absolute atomic E-state index is 0.110. The maximum absolute atomic E-state index is 12.4. The van der Waals surface area contributed by atoms with Crippen LogP contribution in [-0.4, -0.2) is 31.1 Å². The van der Waals surface area contributed by atoms with Gasteiger partial charge in [0.1, 0.15) is 5.75 Å². The summed E-state index contributed by atoms with van der Waals surface area (Å²) in [7, 11) is 0. The molecule has 28 heavy (non-hydrogen) atoms. The number of terminal acetylenes is 1. The van der Waals surface area contributed by atoms with Crippen LogP contribution in [0.3, 0.4) is 0 Å². The summed E-state index contributed by atoms with van der Waals surface area (Å²) in [6.45, 7) is 0.354. The summed E-state index contributed by atoms with van der Waals surface area (Å²) in [5.41, 5.74) is 0.516. The van der Waals surface area contributed by atoms with Crippen LogP contribution in [0.25, 0.3) is 0 Å². The number of cyclic esters (lactones) is 2. The fourth-order valence-electron chi connectivity index (χ4n) is 2.82. The molecule has 0 aromatic heterocycles. The molecule has 0 radical (unpaired) electrons. The van der Waals surface area contributed by atoms with Crippen LogP contribution in [0.1, 0.15) is 5.56 Å². The number of benzene rings is 2. The van der Waals surface area contributed by atoms with Gasteiger partial charge in [-0.25, -0.2) is 9.59 Å². The van der Waals surface area contributed by atoms with Crippen LogP contribution in [0.15, 0.2) is 72.8 Å². The SMILES string of the molecule is C#CCNCC1OC(=O)/C=C/C(=O)OC1(Oc1ccccc1)c1ccccc1. The number of esters is 2. The molecule has 2 aromatic carbocycles. The third-order valence-electron chi connectivity index (χ3n) is 4.04. The number of hydrogen-bond acceptors (Lipinski definition) is 6. The highest BCUT2D eigenvalue weighted by Crippen LogP contribution is 2.36. The standard InChI is InChI=1S/C22H19NO5/c1-2-15-23-16-19-22(17-9-5-3-6-10-17,27-18-11-7-4-8-12-18)28-21(25)14-13-20(24)26-19/h1,3-14,19,23H,15-16H2/b14-13+. The number of nitrogens with one attached hydrogen (secondary N) is 1. The molecule has 0 amide bonds. The van der Waals surface area contributed by atoms with E-state index in [1.807, 2.05) is 12.1 Å². The first-order valence-electron chi connectivity index (χ1n) is 8.69. The van der Waals surface area contributed by atoms with Crippen molar-refractivity contribution in [1.82, 2.24) is 5.32 Å². The molecular formula is C22H19NO5. The lowest BCUT2D eigenvalue weighted by molar-refractivity contribution is -0.244. The molecule has 0 bridgehead atoms. The number of para-hydroxylation sites is 1. The molecule has 142 valence electrons. The molecule has 2 unspecified atom stereocenters. The Balaban J connectivity index is 2.11. The van der Waals surface area contributed by atoms with Crippen molar-refractivity contribution >= 4 is 11.9 Å². The topological polar surface area (TPSA) is 73.9 Å². The second-order valence-electron chi connectivity index (χ2n) is 5.96. The van der Waals surface area contributed by atoms with Gasteiger partial charge in [0.05, 0.1) is 6.54 Å². The maximum Gasteiger partial charge on any atom is 0.334 e. The van der Waals surface area contributed by atoms with Gasteiger partial charge in [-0.2, -0.15) is 0 Å². The molecule has 0 saturated carbocycles. The maximum atomic E-state index is 12.4. The van der Waals surface area contributed by atoms with Crippen LogP contribution in [0.4, 0.5) is 0 Å². The zero-order chi connectivity index (χ0) is 19.8. The van der Waals surface area contributed by atoms with E-state index in [-0.39, 0.29) is 13.1 Å². The van der Waals surface area contributed by atoms with Gasteiger partial charge >= 0.3 is 17.7 Å². The minimum Gasteiger partial charge on any atom is -0.449 e. The van der Waals surface area contributed by atoms with Gasteiger partial charge in [-0.1, -0.05) is 54.5 Å². The molecule has 1 heterocycles. The van der Waals surface area contributed by atoms with Crippen molar-refractivity contribution in [1.29, 1.82) is 0 Å². The van der Waals surface area contributed by atoms with Crippen LogP contribution >= 0.6 is 0 Å².